The van der Waals surface area contributed by atoms with Gasteiger partial charge in [-0.3, -0.25) is 14.6 Å². The summed E-state index contributed by atoms with van der Waals surface area (Å²) in [6, 6.07) is 5.47. The largest absolute Gasteiger partial charge is 0.382 e. The Morgan fingerprint density at radius 3 is 2.59 bits per heavy atom. The van der Waals surface area contributed by atoms with Gasteiger partial charge in [-0.2, -0.15) is 10.2 Å². The fraction of sp³-hybridized carbons (Fsp3) is 0.261. The number of anilines is 2. The second-order valence-corrected chi connectivity index (χ2v) is 8.40. The first-order chi connectivity index (χ1) is 16.2. The Kier molecular flexibility index (Phi) is 4.83. The number of aryl methyl sites for hydroxylation is 1. The van der Waals surface area contributed by atoms with E-state index in [1.54, 1.807) is 29.9 Å². The first-order valence-corrected chi connectivity index (χ1v) is 10.5. The lowest BCUT2D eigenvalue weighted by Gasteiger charge is -2.48. The molecule has 2 aromatic heterocycles. The van der Waals surface area contributed by atoms with Crippen LogP contribution in [-0.4, -0.2) is 51.0 Å². The lowest BCUT2D eigenvalue weighted by atomic mass is 9.89. The fourth-order valence-electron chi connectivity index (χ4n) is 4.56. The maximum Gasteiger partial charge on any atom is 0.219 e. The highest BCUT2D eigenvalue weighted by atomic mass is 19.1. The number of aromatic nitrogens is 4. The van der Waals surface area contributed by atoms with Crippen molar-refractivity contribution in [1.29, 1.82) is 0 Å². The molecule has 1 fully saturated rings. The van der Waals surface area contributed by atoms with E-state index < -0.39 is 17.2 Å². The van der Waals surface area contributed by atoms with E-state index in [2.05, 4.69) is 21.9 Å². The highest BCUT2D eigenvalue weighted by Crippen LogP contribution is 2.43. The molecule has 1 saturated heterocycles. The minimum atomic E-state index is -0.749. The van der Waals surface area contributed by atoms with Gasteiger partial charge >= 0.3 is 0 Å². The third-order valence-corrected chi connectivity index (χ3v) is 6.43. The smallest absolute Gasteiger partial charge is 0.219 e. The molecular weight excluding hydrogens is 444 g/mol. The molecule has 0 unspecified atom stereocenters. The van der Waals surface area contributed by atoms with Gasteiger partial charge in [-0.05, 0) is 18.2 Å². The molecule has 176 valence electrons. The number of hydrogen-bond donors (Lipinski definition) is 2. The molecule has 11 heteroatoms. The number of carbonyl (C=O) groups is 1. The van der Waals surface area contributed by atoms with Crippen LogP contribution in [0.1, 0.15) is 29.6 Å². The highest BCUT2D eigenvalue weighted by Gasteiger charge is 2.48. The van der Waals surface area contributed by atoms with Gasteiger partial charge in [-0.1, -0.05) is 12.6 Å². The summed E-state index contributed by atoms with van der Waals surface area (Å²) >= 11 is 0. The molecule has 2 aliphatic rings. The van der Waals surface area contributed by atoms with E-state index in [1.165, 1.54) is 30.0 Å². The van der Waals surface area contributed by atoms with Crippen molar-refractivity contribution in [2.45, 2.75) is 12.5 Å². The van der Waals surface area contributed by atoms with Crippen molar-refractivity contribution in [2.24, 2.45) is 7.05 Å². The quantitative estimate of drug-likeness (QED) is 0.611. The number of H-pyrrole nitrogens is 1. The van der Waals surface area contributed by atoms with Crippen molar-refractivity contribution in [3.8, 4) is 0 Å². The molecule has 0 bridgehead atoms. The number of nitrogen functional groups attached to an aromatic ring is 1. The number of para-hydroxylation sites is 1. The normalized spacial score (nSPS) is 16.9. The summed E-state index contributed by atoms with van der Waals surface area (Å²) in [5.74, 6) is -1.39. The number of nitrogens with one attached hydrogen (secondary N) is 1. The third-order valence-electron chi connectivity index (χ3n) is 6.43. The molecule has 3 aromatic rings. The number of aromatic amines is 1. The van der Waals surface area contributed by atoms with Crippen molar-refractivity contribution in [2.75, 3.05) is 30.8 Å². The minimum Gasteiger partial charge on any atom is -0.382 e. The van der Waals surface area contributed by atoms with Crippen molar-refractivity contribution < 1.29 is 18.3 Å². The molecule has 3 N–H and O–H groups in total. The summed E-state index contributed by atoms with van der Waals surface area (Å²) in [4.78, 5) is 14.7. The SMILES string of the molecule is C=C1c2c(N)n[nH]c2C(c2cc(C3(OC)CN(C(C)=O)C3)n(C)n2)=CN1c1c(F)cccc1F. The van der Waals surface area contributed by atoms with Gasteiger partial charge in [-0.15, -0.1) is 0 Å². The number of benzene rings is 1. The van der Waals surface area contributed by atoms with E-state index in [0.29, 0.717) is 35.6 Å². The van der Waals surface area contributed by atoms with Gasteiger partial charge in [-0.25, -0.2) is 8.78 Å². The van der Waals surface area contributed by atoms with E-state index >= 15 is 0 Å². The number of likely N-dealkylation sites (tertiary alicyclic amines) is 1. The molecular formula is C23H23F2N7O2. The molecule has 2 aliphatic heterocycles. The van der Waals surface area contributed by atoms with Gasteiger partial charge in [0.2, 0.25) is 5.91 Å². The van der Waals surface area contributed by atoms with E-state index in [9.17, 15) is 13.6 Å². The summed E-state index contributed by atoms with van der Waals surface area (Å²) in [6.45, 7) is 6.30. The van der Waals surface area contributed by atoms with Gasteiger partial charge in [0.25, 0.3) is 0 Å². The van der Waals surface area contributed by atoms with Crippen LogP contribution >= 0.6 is 0 Å². The van der Waals surface area contributed by atoms with Gasteiger partial charge < -0.3 is 20.3 Å². The van der Waals surface area contributed by atoms with Crippen LogP contribution in [0, 0.1) is 11.6 Å². The van der Waals surface area contributed by atoms with Crippen LogP contribution in [0.4, 0.5) is 20.3 Å². The van der Waals surface area contributed by atoms with Gasteiger partial charge in [0.1, 0.15) is 22.9 Å². The Morgan fingerprint density at radius 2 is 1.97 bits per heavy atom. The zero-order valence-electron chi connectivity index (χ0n) is 18.9. The van der Waals surface area contributed by atoms with Crippen molar-refractivity contribution >= 4 is 28.7 Å². The van der Waals surface area contributed by atoms with Crippen LogP contribution in [0.15, 0.2) is 37.0 Å². The van der Waals surface area contributed by atoms with Crippen molar-refractivity contribution in [3.05, 3.63) is 71.3 Å². The summed E-state index contributed by atoms with van der Waals surface area (Å²) < 4.78 is 36.9. The number of hydrogen-bond acceptors (Lipinski definition) is 6. The lowest BCUT2D eigenvalue weighted by molar-refractivity contribution is -0.164. The number of ether oxygens (including phenoxy) is 1. The molecule has 1 amide bonds. The number of halogens is 2. The fourth-order valence-corrected chi connectivity index (χ4v) is 4.56. The first kappa shape index (κ1) is 21.8. The molecule has 1 aromatic carbocycles. The highest BCUT2D eigenvalue weighted by molar-refractivity contribution is 5.98. The van der Waals surface area contributed by atoms with Crippen molar-refractivity contribution in [1.82, 2.24) is 24.9 Å². The molecule has 0 saturated carbocycles. The first-order valence-electron chi connectivity index (χ1n) is 10.5. The zero-order chi connectivity index (χ0) is 24.4. The van der Waals surface area contributed by atoms with Crippen LogP contribution in [0.2, 0.25) is 0 Å². The predicted octanol–water partition coefficient (Wildman–Crippen LogP) is 2.59. The molecule has 9 nitrogen and oxygen atoms in total. The van der Waals surface area contributed by atoms with Crippen molar-refractivity contribution in [3.63, 3.8) is 0 Å². The zero-order valence-corrected chi connectivity index (χ0v) is 18.9. The Labute approximate surface area is 194 Å². The summed E-state index contributed by atoms with van der Waals surface area (Å²) in [5, 5.41) is 11.6. The van der Waals surface area contributed by atoms with Crippen LogP contribution in [0.5, 0.6) is 0 Å². The number of methoxy groups -OCH3 is 1. The molecule has 0 radical (unpaired) electrons. The molecule has 0 aliphatic carbocycles. The molecule has 4 heterocycles. The van der Waals surface area contributed by atoms with Gasteiger partial charge in [0.05, 0.1) is 41.4 Å². The van der Waals surface area contributed by atoms with Crippen LogP contribution in [0.3, 0.4) is 0 Å². The van der Waals surface area contributed by atoms with Crippen LogP contribution < -0.4 is 10.6 Å². The number of amides is 1. The Bertz CT molecular complexity index is 1350. The second-order valence-electron chi connectivity index (χ2n) is 8.40. The average molecular weight is 467 g/mol. The third kappa shape index (κ3) is 3.04. The predicted molar refractivity (Wildman–Crippen MR) is 122 cm³/mol. The number of fused-ring (bicyclic) bond motifs is 1. The van der Waals surface area contributed by atoms with E-state index in [4.69, 9.17) is 10.5 Å². The van der Waals surface area contributed by atoms with E-state index in [1.807, 2.05) is 6.07 Å². The maximum absolute atomic E-state index is 14.7. The minimum absolute atomic E-state index is 0.0382. The molecule has 0 atom stereocenters. The Morgan fingerprint density at radius 1 is 1.29 bits per heavy atom. The lowest BCUT2D eigenvalue weighted by Crippen LogP contribution is -2.62. The number of rotatable bonds is 4. The summed E-state index contributed by atoms with van der Waals surface area (Å²) in [7, 11) is 3.36. The average Bonchev–Trinajstić information content (AvgIpc) is 3.33. The number of carbonyl (C=O) groups excluding carboxylic acids is 1. The number of nitrogens with two attached hydrogens (primary N) is 1. The topological polar surface area (TPSA) is 105 Å². The van der Waals surface area contributed by atoms with Gasteiger partial charge in [0, 0.05) is 32.9 Å². The van der Waals surface area contributed by atoms with Crippen LogP contribution in [-0.2, 0) is 22.2 Å². The standard InChI is InChI=1S/C23H23F2N7O2/c1-12-19-20(27-28-22(19)26)14(9-32(12)21-15(24)6-5-7-16(21)25)17-8-18(30(3)29-17)23(34-4)10-31(11-23)13(2)33/h5-9H,1,10-11H2,2-4H3,(H3,26,27,28). The monoisotopic (exact) mass is 467 g/mol. The maximum atomic E-state index is 14.7. The van der Waals surface area contributed by atoms with E-state index in [-0.39, 0.29) is 23.1 Å². The Hall–Kier alpha value is -3.99. The summed E-state index contributed by atoms with van der Waals surface area (Å²) in [6.07, 6.45) is 1.55. The molecule has 0 spiro atoms. The van der Waals surface area contributed by atoms with Crippen LogP contribution in [0.25, 0.3) is 11.3 Å². The Balaban J connectivity index is 1.64. The summed E-state index contributed by atoms with van der Waals surface area (Å²) in [5.41, 5.74) is 8.11. The number of nitrogens with zero attached hydrogens (tertiary/aromatic N) is 5. The molecule has 5 rings (SSSR count). The molecule has 34 heavy (non-hydrogen) atoms. The van der Waals surface area contributed by atoms with E-state index in [0.717, 1.165) is 5.69 Å². The second kappa shape index (κ2) is 7.52. The van der Waals surface area contributed by atoms with Gasteiger partial charge in [0.15, 0.2) is 5.82 Å².